The van der Waals surface area contributed by atoms with E-state index in [1.807, 2.05) is 32.8 Å². The highest BCUT2D eigenvalue weighted by atomic mass is 35.5. The van der Waals surface area contributed by atoms with Crippen LogP contribution >= 0.6 is 11.6 Å². The lowest BCUT2D eigenvalue weighted by Crippen LogP contribution is -2.39. The van der Waals surface area contributed by atoms with E-state index in [0.29, 0.717) is 6.54 Å². The van der Waals surface area contributed by atoms with E-state index in [1.165, 1.54) is 0 Å². The number of hydrogen-bond donors (Lipinski definition) is 0. The van der Waals surface area contributed by atoms with Crippen molar-refractivity contribution in [3.63, 3.8) is 0 Å². The molecule has 1 aliphatic rings. The summed E-state index contributed by atoms with van der Waals surface area (Å²) in [7, 11) is 3.86. The van der Waals surface area contributed by atoms with E-state index < -0.39 is 11.6 Å². The Kier molecular flexibility index (Phi) is 2.68. The zero-order valence-corrected chi connectivity index (χ0v) is 9.10. The minimum Gasteiger partial charge on any atom is -0.449 e. The van der Waals surface area contributed by atoms with Crippen LogP contribution in [0.4, 0.5) is 0 Å². The van der Waals surface area contributed by atoms with Crippen LogP contribution in [-0.2, 0) is 9.53 Å². The summed E-state index contributed by atoms with van der Waals surface area (Å²) < 4.78 is 5.20. The number of cyclic esters (lactones) is 1. The standard InChI is InChI=1S/C9H14ClNO2/c1-6-7(10)8(12)13-9(6,2)5-11(3)4/h5H2,1-4H3/t9-/m0/s1. The molecule has 0 radical (unpaired) electrons. The molecule has 1 rings (SSSR count). The Morgan fingerprint density at radius 1 is 1.54 bits per heavy atom. The lowest BCUT2D eigenvalue weighted by atomic mass is 9.98. The molecule has 0 aromatic heterocycles. The number of rotatable bonds is 2. The SMILES string of the molecule is CC1=C(Cl)C(=O)O[C@@]1(C)CN(C)C. The Bertz CT molecular complexity index is 273. The summed E-state index contributed by atoms with van der Waals surface area (Å²) in [4.78, 5) is 13.1. The van der Waals surface area contributed by atoms with Gasteiger partial charge in [-0.05, 0) is 33.5 Å². The molecule has 0 N–H and O–H groups in total. The number of halogens is 1. The number of esters is 1. The van der Waals surface area contributed by atoms with Crippen LogP contribution < -0.4 is 0 Å². The average Bonchev–Trinajstić information content (AvgIpc) is 2.14. The lowest BCUT2D eigenvalue weighted by Gasteiger charge is -2.28. The Morgan fingerprint density at radius 2 is 2.08 bits per heavy atom. The summed E-state index contributed by atoms with van der Waals surface area (Å²) in [6.07, 6.45) is 0. The molecular weight excluding hydrogens is 190 g/mol. The van der Waals surface area contributed by atoms with Crippen LogP contribution in [0.3, 0.4) is 0 Å². The number of likely N-dealkylation sites (N-methyl/N-ethyl adjacent to an activating group) is 1. The number of hydrogen-bond acceptors (Lipinski definition) is 3. The third-order valence-corrected chi connectivity index (χ3v) is 2.68. The van der Waals surface area contributed by atoms with Gasteiger partial charge in [-0.25, -0.2) is 4.79 Å². The normalized spacial score (nSPS) is 28.6. The third kappa shape index (κ3) is 1.86. The highest BCUT2D eigenvalue weighted by molar-refractivity contribution is 6.42. The minimum absolute atomic E-state index is 0.226. The fourth-order valence-corrected chi connectivity index (χ4v) is 1.70. The largest absolute Gasteiger partial charge is 0.449 e. The van der Waals surface area contributed by atoms with E-state index in [4.69, 9.17) is 16.3 Å². The van der Waals surface area contributed by atoms with Gasteiger partial charge in [-0.1, -0.05) is 11.6 Å². The predicted molar refractivity (Wildman–Crippen MR) is 51.6 cm³/mol. The Balaban J connectivity index is 2.90. The van der Waals surface area contributed by atoms with Crippen LogP contribution in [-0.4, -0.2) is 37.1 Å². The van der Waals surface area contributed by atoms with Gasteiger partial charge in [0.1, 0.15) is 10.6 Å². The second kappa shape index (κ2) is 3.31. The highest BCUT2D eigenvalue weighted by Crippen LogP contribution is 2.34. The van der Waals surface area contributed by atoms with Gasteiger partial charge < -0.3 is 9.64 Å². The van der Waals surface area contributed by atoms with Crippen molar-refractivity contribution < 1.29 is 9.53 Å². The molecule has 0 unspecified atom stereocenters. The van der Waals surface area contributed by atoms with Gasteiger partial charge in [0, 0.05) is 6.54 Å². The molecule has 0 spiro atoms. The van der Waals surface area contributed by atoms with Gasteiger partial charge in [0.2, 0.25) is 0 Å². The zero-order chi connectivity index (χ0) is 10.2. The van der Waals surface area contributed by atoms with E-state index in [2.05, 4.69) is 0 Å². The molecule has 1 heterocycles. The highest BCUT2D eigenvalue weighted by Gasteiger charge is 2.41. The molecule has 13 heavy (non-hydrogen) atoms. The lowest BCUT2D eigenvalue weighted by molar-refractivity contribution is -0.146. The number of carbonyl (C=O) groups excluding carboxylic acids is 1. The van der Waals surface area contributed by atoms with Crippen molar-refractivity contribution in [1.29, 1.82) is 0 Å². The molecule has 0 amide bonds. The van der Waals surface area contributed by atoms with Crippen LogP contribution in [0, 0.1) is 0 Å². The first kappa shape index (κ1) is 10.5. The summed E-state index contributed by atoms with van der Waals surface area (Å²) in [5.41, 5.74) is 0.255. The molecule has 0 bridgehead atoms. The zero-order valence-electron chi connectivity index (χ0n) is 8.35. The van der Waals surface area contributed by atoms with E-state index >= 15 is 0 Å². The van der Waals surface area contributed by atoms with E-state index in [1.54, 1.807) is 0 Å². The Labute approximate surface area is 83.3 Å². The second-order valence-corrected chi connectivity index (χ2v) is 4.18. The molecule has 74 valence electrons. The Hall–Kier alpha value is -0.540. The van der Waals surface area contributed by atoms with Crippen LogP contribution in [0.5, 0.6) is 0 Å². The monoisotopic (exact) mass is 203 g/mol. The summed E-state index contributed by atoms with van der Waals surface area (Å²) in [6, 6.07) is 0. The average molecular weight is 204 g/mol. The molecule has 4 heteroatoms. The summed E-state index contributed by atoms with van der Waals surface area (Å²) in [5.74, 6) is -0.413. The van der Waals surface area contributed by atoms with Gasteiger partial charge >= 0.3 is 5.97 Å². The van der Waals surface area contributed by atoms with Crippen LogP contribution in [0.1, 0.15) is 13.8 Å². The maximum absolute atomic E-state index is 11.2. The minimum atomic E-state index is -0.558. The van der Waals surface area contributed by atoms with Crippen molar-refractivity contribution in [1.82, 2.24) is 4.90 Å². The summed E-state index contributed by atoms with van der Waals surface area (Å²) >= 11 is 5.77. The summed E-state index contributed by atoms with van der Waals surface area (Å²) in [6.45, 7) is 4.35. The van der Waals surface area contributed by atoms with E-state index in [-0.39, 0.29) is 5.03 Å². The van der Waals surface area contributed by atoms with Gasteiger partial charge in [0.05, 0.1) is 0 Å². The fraction of sp³-hybridized carbons (Fsp3) is 0.667. The van der Waals surface area contributed by atoms with Crippen LogP contribution in [0.25, 0.3) is 0 Å². The van der Waals surface area contributed by atoms with Crippen LogP contribution in [0.2, 0.25) is 0 Å². The van der Waals surface area contributed by atoms with E-state index in [0.717, 1.165) is 5.57 Å². The quantitative estimate of drug-likeness (QED) is 0.635. The van der Waals surface area contributed by atoms with Crippen molar-refractivity contribution in [2.75, 3.05) is 20.6 Å². The molecule has 0 fully saturated rings. The molecule has 0 saturated heterocycles. The van der Waals surface area contributed by atoms with E-state index in [9.17, 15) is 4.79 Å². The van der Waals surface area contributed by atoms with Gasteiger partial charge in [-0.15, -0.1) is 0 Å². The van der Waals surface area contributed by atoms with Crippen molar-refractivity contribution >= 4 is 17.6 Å². The fourth-order valence-electron chi connectivity index (χ4n) is 1.47. The van der Waals surface area contributed by atoms with Crippen molar-refractivity contribution in [2.45, 2.75) is 19.4 Å². The first-order valence-electron chi connectivity index (χ1n) is 4.12. The molecule has 1 atom stereocenters. The molecule has 0 aromatic carbocycles. The third-order valence-electron chi connectivity index (χ3n) is 2.24. The maximum atomic E-state index is 11.2. The topological polar surface area (TPSA) is 29.5 Å². The molecule has 0 aromatic rings. The van der Waals surface area contributed by atoms with Gasteiger partial charge in [-0.3, -0.25) is 0 Å². The van der Waals surface area contributed by atoms with Gasteiger partial charge in [0.25, 0.3) is 0 Å². The molecule has 1 aliphatic heterocycles. The molecule has 0 saturated carbocycles. The maximum Gasteiger partial charge on any atom is 0.350 e. The van der Waals surface area contributed by atoms with Crippen molar-refractivity contribution in [3.8, 4) is 0 Å². The van der Waals surface area contributed by atoms with Crippen molar-refractivity contribution in [3.05, 3.63) is 10.6 Å². The smallest absolute Gasteiger partial charge is 0.350 e. The molecule has 0 aliphatic carbocycles. The first-order chi connectivity index (χ1) is 5.87. The second-order valence-electron chi connectivity index (χ2n) is 3.80. The molecule has 3 nitrogen and oxygen atoms in total. The number of ether oxygens (including phenoxy) is 1. The Morgan fingerprint density at radius 3 is 2.38 bits per heavy atom. The summed E-state index contributed by atoms with van der Waals surface area (Å²) in [5, 5.41) is 0.226. The van der Waals surface area contributed by atoms with Gasteiger partial charge in [0.15, 0.2) is 0 Å². The van der Waals surface area contributed by atoms with Crippen molar-refractivity contribution in [2.24, 2.45) is 0 Å². The predicted octanol–water partition coefficient (Wildman–Crippen LogP) is 1.38. The molecular formula is C9H14ClNO2. The van der Waals surface area contributed by atoms with Gasteiger partial charge in [-0.2, -0.15) is 0 Å². The number of nitrogens with zero attached hydrogens (tertiary/aromatic N) is 1. The number of carbonyl (C=O) groups is 1. The van der Waals surface area contributed by atoms with Crippen LogP contribution in [0.15, 0.2) is 10.6 Å². The first-order valence-corrected chi connectivity index (χ1v) is 4.49.